The number of nitrogens with zero attached hydrogens (tertiary/aromatic N) is 2. The normalized spacial score (nSPS) is 10.9. The molecule has 5 nitrogen and oxygen atoms in total. The lowest BCUT2D eigenvalue weighted by Gasteiger charge is -2.06. The molecular formula is C15H15BrN2O3. The van der Waals surface area contributed by atoms with Gasteiger partial charge in [0.1, 0.15) is 22.9 Å². The van der Waals surface area contributed by atoms with Crippen molar-refractivity contribution >= 4 is 27.3 Å². The van der Waals surface area contributed by atoms with E-state index >= 15 is 0 Å². The molecule has 2 aromatic carbocycles. The van der Waals surface area contributed by atoms with Gasteiger partial charge < -0.3 is 14.6 Å². The van der Waals surface area contributed by atoms with Gasteiger partial charge >= 0.3 is 0 Å². The molecule has 0 radical (unpaired) electrons. The standard InChI is InChI=1S/C15H15BrN2O3/c1-9-6-11(16)15(19)13(7-9)18-17-12-8-10(20-2)4-5-14(12)21-3/h4-8,19H,1-3H3. The quantitative estimate of drug-likeness (QED) is 0.797. The van der Waals surface area contributed by atoms with Gasteiger partial charge in [-0.05, 0) is 52.7 Å². The third-order valence-electron chi connectivity index (χ3n) is 2.84. The molecule has 2 rings (SSSR count). The first-order chi connectivity index (χ1) is 10.0. The molecule has 0 spiro atoms. The summed E-state index contributed by atoms with van der Waals surface area (Å²) in [6.45, 7) is 1.91. The van der Waals surface area contributed by atoms with Crippen molar-refractivity contribution in [3.8, 4) is 17.2 Å². The Hall–Kier alpha value is -2.08. The van der Waals surface area contributed by atoms with Crippen LogP contribution in [0.1, 0.15) is 5.56 Å². The predicted molar refractivity (Wildman–Crippen MR) is 84.3 cm³/mol. The van der Waals surface area contributed by atoms with Crippen LogP contribution in [0.3, 0.4) is 0 Å². The molecule has 0 heterocycles. The van der Waals surface area contributed by atoms with Crippen molar-refractivity contribution in [1.82, 2.24) is 0 Å². The minimum atomic E-state index is 0.0474. The zero-order chi connectivity index (χ0) is 15.4. The maximum atomic E-state index is 9.97. The largest absolute Gasteiger partial charge is 0.505 e. The molecule has 0 fully saturated rings. The number of aromatic hydroxyl groups is 1. The summed E-state index contributed by atoms with van der Waals surface area (Å²) in [7, 11) is 3.13. The molecule has 0 aliphatic carbocycles. The third kappa shape index (κ3) is 3.52. The van der Waals surface area contributed by atoms with E-state index in [9.17, 15) is 5.11 Å². The van der Waals surface area contributed by atoms with Crippen LogP contribution >= 0.6 is 15.9 Å². The van der Waals surface area contributed by atoms with Crippen LogP contribution < -0.4 is 9.47 Å². The molecule has 0 aliphatic heterocycles. The van der Waals surface area contributed by atoms with E-state index in [1.165, 1.54) is 0 Å². The maximum Gasteiger partial charge on any atom is 0.157 e. The molecule has 0 aromatic heterocycles. The second-order valence-electron chi connectivity index (χ2n) is 4.35. The second-order valence-corrected chi connectivity index (χ2v) is 5.21. The van der Waals surface area contributed by atoms with Gasteiger partial charge in [0.05, 0.1) is 18.7 Å². The first kappa shape index (κ1) is 15.3. The molecule has 1 N–H and O–H groups in total. The lowest BCUT2D eigenvalue weighted by molar-refractivity contribution is 0.404. The highest BCUT2D eigenvalue weighted by molar-refractivity contribution is 9.10. The van der Waals surface area contributed by atoms with Gasteiger partial charge in [-0.3, -0.25) is 0 Å². The van der Waals surface area contributed by atoms with Crippen LogP contribution in [0.4, 0.5) is 11.4 Å². The van der Waals surface area contributed by atoms with Crippen molar-refractivity contribution in [2.75, 3.05) is 14.2 Å². The monoisotopic (exact) mass is 350 g/mol. The molecule has 0 atom stereocenters. The molecule has 0 saturated carbocycles. The van der Waals surface area contributed by atoms with E-state index in [0.717, 1.165) is 5.56 Å². The summed E-state index contributed by atoms with van der Waals surface area (Å²) in [5, 5.41) is 18.2. The number of hydrogen-bond acceptors (Lipinski definition) is 5. The van der Waals surface area contributed by atoms with Crippen molar-refractivity contribution in [2.45, 2.75) is 6.92 Å². The highest BCUT2D eigenvalue weighted by Gasteiger charge is 2.08. The van der Waals surface area contributed by atoms with Gasteiger partial charge in [-0.2, -0.15) is 0 Å². The molecule has 0 amide bonds. The van der Waals surface area contributed by atoms with E-state index in [1.807, 2.05) is 6.92 Å². The Morgan fingerprint density at radius 1 is 1.00 bits per heavy atom. The summed E-state index contributed by atoms with van der Waals surface area (Å²) in [6, 6.07) is 8.79. The van der Waals surface area contributed by atoms with Gasteiger partial charge in [-0.25, -0.2) is 0 Å². The van der Waals surface area contributed by atoms with E-state index in [1.54, 1.807) is 44.6 Å². The van der Waals surface area contributed by atoms with Gasteiger partial charge in [-0.15, -0.1) is 10.2 Å². The molecule has 0 aliphatic rings. The molecule has 110 valence electrons. The zero-order valence-corrected chi connectivity index (χ0v) is 13.5. The third-order valence-corrected chi connectivity index (χ3v) is 3.44. The van der Waals surface area contributed by atoms with Crippen LogP contribution in [-0.4, -0.2) is 19.3 Å². The molecule has 0 bridgehead atoms. The summed E-state index contributed by atoms with van der Waals surface area (Å²) >= 11 is 3.28. The molecule has 0 unspecified atom stereocenters. The van der Waals surface area contributed by atoms with Gasteiger partial charge in [0, 0.05) is 6.07 Å². The Bertz CT molecular complexity index is 687. The molecule has 0 saturated heterocycles. The van der Waals surface area contributed by atoms with Crippen molar-refractivity contribution in [2.24, 2.45) is 10.2 Å². The number of benzene rings is 2. The Labute approximate surface area is 131 Å². The van der Waals surface area contributed by atoms with Crippen LogP contribution in [-0.2, 0) is 0 Å². The van der Waals surface area contributed by atoms with Gasteiger partial charge in [-0.1, -0.05) is 0 Å². The second kappa shape index (κ2) is 6.58. The Morgan fingerprint density at radius 3 is 2.38 bits per heavy atom. The van der Waals surface area contributed by atoms with Crippen LogP contribution in [0.25, 0.3) is 0 Å². The van der Waals surface area contributed by atoms with Gasteiger partial charge in [0.15, 0.2) is 5.75 Å². The van der Waals surface area contributed by atoms with E-state index in [4.69, 9.17) is 9.47 Å². The Kier molecular flexibility index (Phi) is 4.80. The Balaban J connectivity index is 2.41. The van der Waals surface area contributed by atoms with E-state index in [2.05, 4.69) is 26.2 Å². The van der Waals surface area contributed by atoms with Crippen molar-refractivity contribution < 1.29 is 14.6 Å². The fourth-order valence-electron chi connectivity index (χ4n) is 1.78. The fraction of sp³-hybridized carbons (Fsp3) is 0.200. The van der Waals surface area contributed by atoms with Gasteiger partial charge in [0.2, 0.25) is 0 Å². The number of hydrogen-bond donors (Lipinski definition) is 1. The number of aryl methyl sites for hydroxylation is 1. The highest BCUT2D eigenvalue weighted by Crippen LogP contribution is 2.38. The summed E-state index contributed by atoms with van der Waals surface area (Å²) in [4.78, 5) is 0. The first-order valence-electron chi connectivity index (χ1n) is 6.18. The van der Waals surface area contributed by atoms with Gasteiger partial charge in [0.25, 0.3) is 0 Å². The highest BCUT2D eigenvalue weighted by atomic mass is 79.9. The topological polar surface area (TPSA) is 63.4 Å². The number of azo groups is 1. The smallest absolute Gasteiger partial charge is 0.157 e. The number of rotatable bonds is 4. The summed E-state index contributed by atoms with van der Waals surface area (Å²) in [5.41, 5.74) is 1.87. The summed E-state index contributed by atoms with van der Waals surface area (Å²) < 4.78 is 11.0. The number of ether oxygens (including phenoxy) is 2. The maximum absolute atomic E-state index is 9.97. The van der Waals surface area contributed by atoms with Crippen LogP contribution in [0.2, 0.25) is 0 Å². The van der Waals surface area contributed by atoms with E-state index in [0.29, 0.717) is 27.3 Å². The number of phenols is 1. The van der Waals surface area contributed by atoms with Crippen LogP contribution in [0.5, 0.6) is 17.2 Å². The number of phenolic OH excluding ortho intramolecular Hbond substituents is 1. The zero-order valence-electron chi connectivity index (χ0n) is 11.9. The van der Waals surface area contributed by atoms with Crippen molar-refractivity contribution in [1.29, 1.82) is 0 Å². The minimum Gasteiger partial charge on any atom is -0.505 e. The Morgan fingerprint density at radius 2 is 1.71 bits per heavy atom. The van der Waals surface area contributed by atoms with Crippen molar-refractivity contribution in [3.05, 3.63) is 40.4 Å². The average molecular weight is 351 g/mol. The minimum absolute atomic E-state index is 0.0474. The fourth-order valence-corrected chi connectivity index (χ4v) is 2.34. The van der Waals surface area contributed by atoms with Crippen molar-refractivity contribution in [3.63, 3.8) is 0 Å². The molecule has 6 heteroatoms. The lowest BCUT2D eigenvalue weighted by Crippen LogP contribution is -1.86. The predicted octanol–water partition coefficient (Wildman–Crippen LogP) is 4.90. The van der Waals surface area contributed by atoms with Crippen LogP contribution in [0.15, 0.2) is 45.0 Å². The van der Waals surface area contributed by atoms with E-state index < -0.39 is 0 Å². The lowest BCUT2D eigenvalue weighted by atomic mass is 10.2. The first-order valence-corrected chi connectivity index (χ1v) is 6.97. The van der Waals surface area contributed by atoms with E-state index in [-0.39, 0.29) is 5.75 Å². The SMILES string of the molecule is COc1ccc(OC)c(N=Nc2cc(C)cc(Br)c2O)c1. The number of methoxy groups -OCH3 is 2. The molecule has 2 aromatic rings. The summed E-state index contributed by atoms with van der Waals surface area (Å²) in [6.07, 6.45) is 0. The molecular weight excluding hydrogens is 336 g/mol. The summed E-state index contributed by atoms with van der Waals surface area (Å²) in [5.74, 6) is 1.27. The number of halogens is 1. The molecule has 21 heavy (non-hydrogen) atoms. The average Bonchev–Trinajstić information content (AvgIpc) is 2.49. The van der Waals surface area contributed by atoms with Crippen LogP contribution in [0, 0.1) is 6.92 Å².